The van der Waals surface area contributed by atoms with Crippen molar-refractivity contribution in [3.63, 3.8) is 0 Å². The number of aryl methyl sites for hydroxylation is 1. The number of ether oxygens (including phenoxy) is 1. The zero-order valence-electron chi connectivity index (χ0n) is 9.90. The van der Waals surface area contributed by atoms with Crippen molar-refractivity contribution in [3.8, 4) is 0 Å². The normalized spacial score (nSPS) is 25.9. The molecule has 2 atom stereocenters. The summed E-state index contributed by atoms with van der Waals surface area (Å²) in [6.45, 7) is 2.48. The van der Waals surface area contributed by atoms with Crippen LogP contribution in [0.15, 0.2) is 4.52 Å². The SMILES string of the molecule is COC1CCCC(NCc2noc(C)n2)C1. The molecule has 0 saturated heterocycles. The Bertz CT molecular complexity index is 327. The van der Waals surface area contributed by atoms with Crippen LogP contribution in [0.2, 0.25) is 0 Å². The van der Waals surface area contributed by atoms with Crippen molar-refractivity contribution in [2.24, 2.45) is 0 Å². The van der Waals surface area contributed by atoms with Gasteiger partial charge in [-0.1, -0.05) is 5.16 Å². The highest BCUT2D eigenvalue weighted by molar-refractivity contribution is 4.86. The molecule has 1 heterocycles. The molecule has 5 nitrogen and oxygen atoms in total. The molecule has 5 heteroatoms. The van der Waals surface area contributed by atoms with Gasteiger partial charge in [-0.3, -0.25) is 0 Å². The van der Waals surface area contributed by atoms with Crippen molar-refractivity contribution in [1.82, 2.24) is 15.5 Å². The number of rotatable bonds is 4. The molecule has 0 amide bonds. The van der Waals surface area contributed by atoms with Crippen LogP contribution in [-0.2, 0) is 11.3 Å². The van der Waals surface area contributed by atoms with Gasteiger partial charge in [0.1, 0.15) is 0 Å². The molecule has 0 aliphatic heterocycles. The van der Waals surface area contributed by atoms with Crippen LogP contribution in [0.3, 0.4) is 0 Å². The maximum atomic E-state index is 5.39. The minimum atomic E-state index is 0.401. The number of methoxy groups -OCH3 is 1. The topological polar surface area (TPSA) is 60.2 Å². The fourth-order valence-electron chi connectivity index (χ4n) is 2.19. The average Bonchev–Trinajstić information content (AvgIpc) is 2.73. The molecule has 1 aliphatic rings. The maximum Gasteiger partial charge on any atom is 0.223 e. The van der Waals surface area contributed by atoms with Crippen LogP contribution in [0.25, 0.3) is 0 Å². The second-order valence-electron chi connectivity index (χ2n) is 4.33. The van der Waals surface area contributed by atoms with E-state index in [0.717, 1.165) is 12.2 Å². The highest BCUT2D eigenvalue weighted by atomic mass is 16.5. The maximum absolute atomic E-state index is 5.39. The molecular formula is C11H19N3O2. The molecule has 1 aromatic heterocycles. The van der Waals surface area contributed by atoms with E-state index in [1.54, 1.807) is 14.0 Å². The predicted molar refractivity (Wildman–Crippen MR) is 58.9 cm³/mol. The summed E-state index contributed by atoms with van der Waals surface area (Å²) in [7, 11) is 1.79. The van der Waals surface area contributed by atoms with Crippen LogP contribution in [0.4, 0.5) is 0 Å². The summed E-state index contributed by atoms with van der Waals surface area (Å²) < 4.78 is 10.3. The third-order valence-electron chi connectivity index (χ3n) is 3.08. The van der Waals surface area contributed by atoms with Gasteiger partial charge in [-0.15, -0.1) is 0 Å². The van der Waals surface area contributed by atoms with Crippen molar-refractivity contribution in [1.29, 1.82) is 0 Å². The minimum absolute atomic E-state index is 0.401. The first-order valence-electron chi connectivity index (χ1n) is 5.83. The molecule has 2 rings (SSSR count). The first-order valence-corrected chi connectivity index (χ1v) is 5.83. The Balaban J connectivity index is 1.77. The van der Waals surface area contributed by atoms with Crippen LogP contribution in [-0.4, -0.2) is 29.4 Å². The van der Waals surface area contributed by atoms with Crippen LogP contribution >= 0.6 is 0 Å². The Kier molecular flexibility index (Phi) is 3.90. The smallest absolute Gasteiger partial charge is 0.223 e. The summed E-state index contributed by atoms with van der Waals surface area (Å²) in [6, 6.07) is 0.512. The number of nitrogens with zero attached hydrogens (tertiary/aromatic N) is 2. The van der Waals surface area contributed by atoms with Crippen molar-refractivity contribution < 1.29 is 9.26 Å². The van der Waals surface area contributed by atoms with Crippen LogP contribution < -0.4 is 5.32 Å². The van der Waals surface area contributed by atoms with Crippen LogP contribution in [0.1, 0.15) is 37.4 Å². The van der Waals surface area contributed by atoms with E-state index in [1.165, 1.54) is 19.3 Å². The summed E-state index contributed by atoms with van der Waals surface area (Å²) in [4.78, 5) is 4.16. The summed E-state index contributed by atoms with van der Waals surface area (Å²) in [5, 5.41) is 7.31. The fraction of sp³-hybridized carbons (Fsp3) is 0.818. The van der Waals surface area contributed by atoms with Crippen molar-refractivity contribution in [2.75, 3.05) is 7.11 Å². The number of nitrogens with one attached hydrogen (secondary N) is 1. The van der Waals surface area contributed by atoms with Gasteiger partial charge in [0, 0.05) is 20.1 Å². The summed E-state index contributed by atoms with van der Waals surface area (Å²) in [5.41, 5.74) is 0. The van der Waals surface area contributed by atoms with E-state index in [9.17, 15) is 0 Å². The Labute approximate surface area is 95.6 Å². The van der Waals surface area contributed by atoms with E-state index in [0.29, 0.717) is 24.6 Å². The van der Waals surface area contributed by atoms with E-state index in [-0.39, 0.29) is 0 Å². The Morgan fingerprint density at radius 1 is 1.50 bits per heavy atom. The molecule has 1 aromatic rings. The molecule has 0 aromatic carbocycles. The summed E-state index contributed by atoms with van der Waals surface area (Å²) >= 11 is 0. The van der Waals surface area contributed by atoms with Gasteiger partial charge >= 0.3 is 0 Å². The molecule has 1 fully saturated rings. The van der Waals surface area contributed by atoms with E-state index in [1.807, 2.05) is 0 Å². The van der Waals surface area contributed by atoms with E-state index in [4.69, 9.17) is 9.26 Å². The van der Waals surface area contributed by atoms with Gasteiger partial charge in [0.15, 0.2) is 5.82 Å². The summed E-state index contributed by atoms with van der Waals surface area (Å²) in [5.74, 6) is 1.35. The first kappa shape index (κ1) is 11.5. The molecule has 1 N–H and O–H groups in total. The van der Waals surface area contributed by atoms with Gasteiger partial charge in [-0.05, 0) is 25.7 Å². The number of aromatic nitrogens is 2. The second-order valence-corrected chi connectivity index (χ2v) is 4.33. The lowest BCUT2D eigenvalue weighted by atomic mass is 9.93. The lowest BCUT2D eigenvalue weighted by Gasteiger charge is -2.28. The van der Waals surface area contributed by atoms with E-state index < -0.39 is 0 Å². The predicted octanol–water partition coefficient (Wildman–Crippen LogP) is 1.43. The van der Waals surface area contributed by atoms with Gasteiger partial charge in [-0.25, -0.2) is 0 Å². The largest absolute Gasteiger partial charge is 0.381 e. The standard InChI is InChI=1S/C11H19N3O2/c1-8-13-11(14-16-8)7-12-9-4-3-5-10(6-9)15-2/h9-10,12H,3-7H2,1-2H3. The Morgan fingerprint density at radius 2 is 2.38 bits per heavy atom. The van der Waals surface area contributed by atoms with Crippen molar-refractivity contribution in [2.45, 2.75) is 51.3 Å². The Hall–Kier alpha value is -0.940. The fourth-order valence-corrected chi connectivity index (χ4v) is 2.19. The van der Waals surface area contributed by atoms with Crippen molar-refractivity contribution in [3.05, 3.63) is 11.7 Å². The average molecular weight is 225 g/mol. The Morgan fingerprint density at radius 3 is 3.06 bits per heavy atom. The molecule has 1 saturated carbocycles. The molecule has 90 valence electrons. The summed E-state index contributed by atoms with van der Waals surface area (Å²) in [6.07, 6.45) is 5.08. The lowest BCUT2D eigenvalue weighted by Crippen LogP contribution is -2.36. The van der Waals surface area contributed by atoms with Crippen molar-refractivity contribution >= 4 is 0 Å². The lowest BCUT2D eigenvalue weighted by molar-refractivity contribution is 0.0585. The zero-order valence-corrected chi connectivity index (χ0v) is 9.90. The highest BCUT2D eigenvalue weighted by Crippen LogP contribution is 2.20. The van der Waals surface area contributed by atoms with Gasteiger partial charge in [0.2, 0.25) is 5.89 Å². The van der Waals surface area contributed by atoms with Gasteiger partial charge in [0.25, 0.3) is 0 Å². The van der Waals surface area contributed by atoms with Crippen LogP contribution in [0.5, 0.6) is 0 Å². The zero-order chi connectivity index (χ0) is 11.4. The number of hydrogen-bond acceptors (Lipinski definition) is 5. The molecule has 1 aliphatic carbocycles. The quantitative estimate of drug-likeness (QED) is 0.839. The third kappa shape index (κ3) is 3.02. The molecule has 0 bridgehead atoms. The molecule has 0 spiro atoms. The number of hydrogen-bond donors (Lipinski definition) is 1. The third-order valence-corrected chi connectivity index (χ3v) is 3.08. The minimum Gasteiger partial charge on any atom is -0.381 e. The van der Waals surface area contributed by atoms with Gasteiger partial charge in [0.05, 0.1) is 12.6 Å². The molecule has 2 unspecified atom stereocenters. The molecular weight excluding hydrogens is 206 g/mol. The first-order chi connectivity index (χ1) is 7.78. The monoisotopic (exact) mass is 225 g/mol. The highest BCUT2D eigenvalue weighted by Gasteiger charge is 2.21. The van der Waals surface area contributed by atoms with Gasteiger partial charge in [-0.2, -0.15) is 4.98 Å². The molecule has 16 heavy (non-hydrogen) atoms. The van der Waals surface area contributed by atoms with Gasteiger partial charge < -0.3 is 14.6 Å². The second kappa shape index (κ2) is 5.41. The van der Waals surface area contributed by atoms with E-state index in [2.05, 4.69) is 15.5 Å². The molecule has 0 radical (unpaired) electrons. The van der Waals surface area contributed by atoms with E-state index >= 15 is 0 Å². The van der Waals surface area contributed by atoms with Crippen LogP contribution in [0, 0.1) is 6.92 Å².